The fourth-order valence-corrected chi connectivity index (χ4v) is 2.20. The van der Waals surface area contributed by atoms with E-state index in [9.17, 15) is 5.11 Å². The molecule has 2 aromatic carbocycles. The number of aryl methyl sites for hydroxylation is 1. The average Bonchev–Trinajstić information content (AvgIpc) is 2.40. The Morgan fingerprint density at radius 3 is 2.78 bits per heavy atom. The molecule has 0 aliphatic heterocycles. The highest BCUT2D eigenvalue weighted by atomic mass is 79.9. The predicted octanol–water partition coefficient (Wildman–Crippen LogP) is 4.33. The van der Waals surface area contributed by atoms with Crippen LogP contribution in [-0.2, 0) is 13.0 Å². The summed E-state index contributed by atoms with van der Waals surface area (Å²) in [6.45, 7) is 2.75. The van der Waals surface area contributed by atoms with Crippen LogP contribution in [0.15, 0.2) is 46.9 Å². The standard InChI is InChI=1S/C15H16BrNO/c1-2-11-4-3-5-14(8-11)17-10-12-9-13(16)6-7-15(12)18/h3-9,17-18H,2,10H2,1H3. The minimum Gasteiger partial charge on any atom is -0.508 e. The zero-order chi connectivity index (χ0) is 13.0. The monoisotopic (exact) mass is 305 g/mol. The Kier molecular flexibility index (Phi) is 4.26. The third-order valence-electron chi connectivity index (χ3n) is 2.86. The van der Waals surface area contributed by atoms with E-state index in [0.29, 0.717) is 12.3 Å². The molecule has 0 bridgehead atoms. The van der Waals surface area contributed by atoms with Gasteiger partial charge in [-0.05, 0) is 42.3 Å². The SMILES string of the molecule is CCc1cccc(NCc2cc(Br)ccc2O)c1. The smallest absolute Gasteiger partial charge is 0.120 e. The summed E-state index contributed by atoms with van der Waals surface area (Å²) in [6.07, 6.45) is 1.03. The third-order valence-corrected chi connectivity index (χ3v) is 3.35. The molecule has 2 nitrogen and oxygen atoms in total. The van der Waals surface area contributed by atoms with Gasteiger partial charge in [0.25, 0.3) is 0 Å². The Hall–Kier alpha value is -1.48. The van der Waals surface area contributed by atoms with Gasteiger partial charge in [0.15, 0.2) is 0 Å². The van der Waals surface area contributed by atoms with Crippen LogP contribution >= 0.6 is 15.9 Å². The van der Waals surface area contributed by atoms with Gasteiger partial charge >= 0.3 is 0 Å². The lowest BCUT2D eigenvalue weighted by atomic mass is 10.1. The van der Waals surface area contributed by atoms with E-state index in [-0.39, 0.29) is 0 Å². The molecule has 94 valence electrons. The summed E-state index contributed by atoms with van der Waals surface area (Å²) in [7, 11) is 0. The van der Waals surface area contributed by atoms with Crippen molar-refractivity contribution in [3.05, 3.63) is 58.1 Å². The van der Waals surface area contributed by atoms with E-state index in [1.165, 1.54) is 5.56 Å². The van der Waals surface area contributed by atoms with E-state index in [4.69, 9.17) is 0 Å². The second kappa shape index (κ2) is 5.91. The van der Waals surface area contributed by atoms with E-state index in [2.05, 4.69) is 40.3 Å². The minimum absolute atomic E-state index is 0.317. The number of rotatable bonds is 4. The molecule has 0 fully saturated rings. The molecule has 0 amide bonds. The van der Waals surface area contributed by atoms with Crippen molar-refractivity contribution in [3.8, 4) is 5.75 Å². The molecule has 0 aliphatic carbocycles. The summed E-state index contributed by atoms with van der Waals surface area (Å²) in [4.78, 5) is 0. The van der Waals surface area contributed by atoms with Crippen LogP contribution in [0.2, 0.25) is 0 Å². The number of hydrogen-bond donors (Lipinski definition) is 2. The zero-order valence-electron chi connectivity index (χ0n) is 10.3. The quantitative estimate of drug-likeness (QED) is 0.881. The summed E-state index contributed by atoms with van der Waals surface area (Å²) in [5, 5.41) is 13.1. The van der Waals surface area contributed by atoms with E-state index in [1.54, 1.807) is 6.07 Å². The van der Waals surface area contributed by atoms with Crippen molar-refractivity contribution in [2.75, 3.05) is 5.32 Å². The number of phenolic OH excluding ortho intramolecular Hbond substituents is 1. The van der Waals surface area contributed by atoms with Crippen LogP contribution in [0.5, 0.6) is 5.75 Å². The first-order chi connectivity index (χ1) is 8.69. The maximum absolute atomic E-state index is 9.75. The van der Waals surface area contributed by atoms with Crippen LogP contribution in [0, 0.1) is 0 Å². The molecule has 0 radical (unpaired) electrons. The van der Waals surface area contributed by atoms with Gasteiger partial charge in [0.2, 0.25) is 0 Å². The number of hydrogen-bond acceptors (Lipinski definition) is 2. The molecule has 0 heterocycles. The van der Waals surface area contributed by atoms with Gasteiger partial charge in [-0.25, -0.2) is 0 Å². The Labute approximate surface area is 116 Å². The lowest BCUT2D eigenvalue weighted by Crippen LogP contribution is -2.00. The Balaban J connectivity index is 2.08. The van der Waals surface area contributed by atoms with E-state index in [0.717, 1.165) is 22.1 Å². The number of nitrogens with one attached hydrogen (secondary N) is 1. The molecule has 0 atom stereocenters. The highest BCUT2D eigenvalue weighted by Crippen LogP contribution is 2.23. The summed E-state index contributed by atoms with van der Waals surface area (Å²) >= 11 is 3.41. The van der Waals surface area contributed by atoms with Gasteiger partial charge in [-0.1, -0.05) is 35.0 Å². The van der Waals surface area contributed by atoms with Crippen molar-refractivity contribution < 1.29 is 5.11 Å². The van der Waals surface area contributed by atoms with Gasteiger partial charge in [0.1, 0.15) is 5.75 Å². The van der Waals surface area contributed by atoms with E-state index in [1.807, 2.05) is 24.3 Å². The zero-order valence-corrected chi connectivity index (χ0v) is 11.9. The molecule has 2 aromatic rings. The summed E-state index contributed by atoms with van der Waals surface area (Å²) in [5.41, 5.74) is 3.26. The van der Waals surface area contributed by atoms with E-state index >= 15 is 0 Å². The highest BCUT2D eigenvalue weighted by Gasteiger charge is 2.02. The molecule has 0 aliphatic rings. The summed E-state index contributed by atoms with van der Waals surface area (Å²) < 4.78 is 0.972. The van der Waals surface area contributed by atoms with Crippen molar-refractivity contribution in [3.63, 3.8) is 0 Å². The van der Waals surface area contributed by atoms with Gasteiger partial charge in [-0.3, -0.25) is 0 Å². The first-order valence-electron chi connectivity index (χ1n) is 5.99. The third kappa shape index (κ3) is 3.26. The molecule has 0 aromatic heterocycles. The Morgan fingerprint density at radius 2 is 2.00 bits per heavy atom. The largest absolute Gasteiger partial charge is 0.508 e. The topological polar surface area (TPSA) is 32.3 Å². The maximum atomic E-state index is 9.75. The minimum atomic E-state index is 0.317. The average molecular weight is 306 g/mol. The number of anilines is 1. The fraction of sp³-hybridized carbons (Fsp3) is 0.200. The van der Waals surface area contributed by atoms with Crippen molar-refractivity contribution in [2.24, 2.45) is 0 Å². The number of benzene rings is 2. The normalized spacial score (nSPS) is 10.3. The van der Waals surface area contributed by atoms with Gasteiger partial charge in [-0.2, -0.15) is 0 Å². The molecular formula is C15H16BrNO. The number of halogens is 1. The van der Waals surface area contributed by atoms with Crippen LogP contribution in [0.3, 0.4) is 0 Å². The van der Waals surface area contributed by atoms with Crippen molar-refractivity contribution in [2.45, 2.75) is 19.9 Å². The number of aromatic hydroxyl groups is 1. The predicted molar refractivity (Wildman–Crippen MR) is 79.0 cm³/mol. The first-order valence-corrected chi connectivity index (χ1v) is 6.78. The van der Waals surface area contributed by atoms with Crippen LogP contribution < -0.4 is 5.32 Å². The fourth-order valence-electron chi connectivity index (χ4n) is 1.79. The molecule has 0 unspecified atom stereocenters. The molecular weight excluding hydrogens is 290 g/mol. The lowest BCUT2D eigenvalue weighted by Gasteiger charge is -2.09. The molecule has 0 saturated heterocycles. The maximum Gasteiger partial charge on any atom is 0.120 e. The second-order valence-corrected chi connectivity index (χ2v) is 5.10. The molecule has 2 N–H and O–H groups in total. The summed E-state index contributed by atoms with van der Waals surface area (Å²) in [6, 6.07) is 13.8. The molecule has 0 spiro atoms. The lowest BCUT2D eigenvalue weighted by molar-refractivity contribution is 0.469. The Bertz CT molecular complexity index is 540. The Morgan fingerprint density at radius 1 is 1.17 bits per heavy atom. The van der Waals surface area contributed by atoms with Crippen molar-refractivity contribution in [1.82, 2.24) is 0 Å². The van der Waals surface area contributed by atoms with Crippen LogP contribution in [0.4, 0.5) is 5.69 Å². The van der Waals surface area contributed by atoms with Gasteiger partial charge in [0.05, 0.1) is 0 Å². The number of phenols is 1. The molecule has 18 heavy (non-hydrogen) atoms. The van der Waals surface area contributed by atoms with Crippen LogP contribution in [0.25, 0.3) is 0 Å². The highest BCUT2D eigenvalue weighted by molar-refractivity contribution is 9.10. The van der Waals surface area contributed by atoms with Crippen molar-refractivity contribution in [1.29, 1.82) is 0 Å². The first kappa shape index (κ1) is 13.0. The van der Waals surface area contributed by atoms with Crippen LogP contribution in [0.1, 0.15) is 18.1 Å². The van der Waals surface area contributed by atoms with Crippen molar-refractivity contribution >= 4 is 21.6 Å². The summed E-state index contributed by atoms with van der Waals surface area (Å²) in [5.74, 6) is 0.317. The molecule has 2 rings (SSSR count). The molecule has 0 saturated carbocycles. The second-order valence-electron chi connectivity index (χ2n) is 4.18. The van der Waals surface area contributed by atoms with E-state index < -0.39 is 0 Å². The van der Waals surface area contributed by atoms with Gasteiger partial charge in [-0.15, -0.1) is 0 Å². The molecule has 3 heteroatoms. The van der Waals surface area contributed by atoms with Gasteiger partial charge < -0.3 is 10.4 Å². The van der Waals surface area contributed by atoms with Crippen LogP contribution in [-0.4, -0.2) is 5.11 Å². The van der Waals surface area contributed by atoms with Gasteiger partial charge in [0, 0.05) is 22.3 Å².